The maximum absolute atomic E-state index is 13.0. The summed E-state index contributed by atoms with van der Waals surface area (Å²) in [6.45, 7) is 0. The Morgan fingerprint density at radius 1 is 0.759 bits per heavy atom. The Hall–Kier alpha value is -1.67. The molecular formula is C19H12Cl4O5S. The maximum Gasteiger partial charge on any atom is 0.283 e. The number of hydrogen-bond donors (Lipinski definition) is 3. The molecule has 3 aromatic carbocycles. The molecule has 0 saturated heterocycles. The Labute approximate surface area is 186 Å². The van der Waals surface area contributed by atoms with Crippen molar-refractivity contribution in [2.75, 3.05) is 0 Å². The van der Waals surface area contributed by atoms with Crippen LogP contribution in [0, 0.1) is 0 Å². The van der Waals surface area contributed by atoms with E-state index in [1.807, 2.05) is 0 Å². The molecule has 1 atom stereocenters. The SMILES string of the molecule is O=S(=O)(O)C(c1ccc(O)cc1)(c1cc(O)c(Cl)cc1Cl)c1cccc(Cl)c1Cl. The van der Waals surface area contributed by atoms with Crippen molar-refractivity contribution in [2.24, 2.45) is 0 Å². The summed E-state index contributed by atoms with van der Waals surface area (Å²) in [6, 6.07) is 11.5. The van der Waals surface area contributed by atoms with Gasteiger partial charge in [-0.3, -0.25) is 4.55 Å². The van der Waals surface area contributed by atoms with E-state index in [9.17, 15) is 23.2 Å². The van der Waals surface area contributed by atoms with Crippen molar-refractivity contribution in [3.63, 3.8) is 0 Å². The largest absolute Gasteiger partial charge is 0.508 e. The van der Waals surface area contributed by atoms with Crippen LogP contribution in [-0.2, 0) is 14.9 Å². The monoisotopic (exact) mass is 492 g/mol. The number of aromatic hydroxyl groups is 2. The molecule has 0 aliphatic rings. The molecule has 0 spiro atoms. The molecule has 0 amide bonds. The Morgan fingerprint density at radius 2 is 1.38 bits per heavy atom. The predicted octanol–water partition coefficient (Wildman–Crippen LogP) is 5.89. The molecular weight excluding hydrogens is 482 g/mol. The minimum atomic E-state index is -5.05. The Bertz CT molecular complexity index is 1200. The first-order valence-electron chi connectivity index (χ1n) is 7.89. The third-order valence-electron chi connectivity index (χ3n) is 4.41. The molecule has 0 aliphatic heterocycles. The lowest BCUT2D eigenvalue weighted by Crippen LogP contribution is -2.39. The van der Waals surface area contributed by atoms with Crippen molar-refractivity contribution in [3.8, 4) is 11.5 Å². The number of benzene rings is 3. The molecule has 0 saturated carbocycles. The van der Waals surface area contributed by atoms with Crippen LogP contribution in [0.4, 0.5) is 0 Å². The second-order valence-electron chi connectivity index (χ2n) is 6.09. The summed E-state index contributed by atoms with van der Waals surface area (Å²) in [6.07, 6.45) is 0. The van der Waals surface area contributed by atoms with Crippen LogP contribution >= 0.6 is 46.4 Å². The zero-order valence-electron chi connectivity index (χ0n) is 14.3. The van der Waals surface area contributed by atoms with Crippen molar-refractivity contribution < 1.29 is 23.2 Å². The fourth-order valence-corrected chi connectivity index (χ4v) is 5.57. The molecule has 3 rings (SSSR count). The van der Waals surface area contributed by atoms with Crippen LogP contribution in [-0.4, -0.2) is 23.2 Å². The van der Waals surface area contributed by atoms with Crippen LogP contribution < -0.4 is 0 Å². The van der Waals surface area contributed by atoms with Gasteiger partial charge in [-0.15, -0.1) is 0 Å². The van der Waals surface area contributed by atoms with Crippen LogP contribution in [0.2, 0.25) is 20.1 Å². The first-order chi connectivity index (χ1) is 13.5. The van der Waals surface area contributed by atoms with Crippen molar-refractivity contribution in [2.45, 2.75) is 4.75 Å². The summed E-state index contributed by atoms with van der Waals surface area (Å²) in [4.78, 5) is 0. The van der Waals surface area contributed by atoms with E-state index in [1.165, 1.54) is 42.5 Å². The third kappa shape index (κ3) is 3.65. The number of phenolic OH excluding ortho intramolecular Hbond substituents is 2. The lowest BCUT2D eigenvalue weighted by atomic mass is 9.83. The number of phenols is 2. The van der Waals surface area contributed by atoms with Crippen molar-refractivity contribution in [3.05, 3.63) is 91.4 Å². The van der Waals surface area contributed by atoms with Gasteiger partial charge < -0.3 is 10.2 Å². The van der Waals surface area contributed by atoms with Gasteiger partial charge in [-0.1, -0.05) is 70.7 Å². The van der Waals surface area contributed by atoms with Gasteiger partial charge in [-0.2, -0.15) is 8.42 Å². The lowest BCUT2D eigenvalue weighted by Gasteiger charge is -2.34. The zero-order chi connectivity index (χ0) is 21.6. The number of rotatable bonds is 4. The molecule has 0 bridgehead atoms. The Balaban J connectivity index is 2.61. The van der Waals surface area contributed by atoms with Crippen LogP contribution in [0.25, 0.3) is 0 Å². The Morgan fingerprint density at radius 3 is 1.97 bits per heavy atom. The second kappa shape index (κ2) is 7.87. The van der Waals surface area contributed by atoms with Crippen LogP contribution in [0.5, 0.6) is 11.5 Å². The highest BCUT2D eigenvalue weighted by Gasteiger charge is 2.51. The van der Waals surface area contributed by atoms with Crippen molar-refractivity contribution in [1.82, 2.24) is 0 Å². The van der Waals surface area contributed by atoms with Gasteiger partial charge in [0.25, 0.3) is 10.1 Å². The molecule has 152 valence electrons. The van der Waals surface area contributed by atoms with Crippen LogP contribution in [0.3, 0.4) is 0 Å². The van der Waals surface area contributed by atoms with E-state index in [4.69, 9.17) is 46.4 Å². The zero-order valence-corrected chi connectivity index (χ0v) is 18.1. The molecule has 0 aliphatic carbocycles. The van der Waals surface area contributed by atoms with E-state index >= 15 is 0 Å². The molecule has 1 unspecified atom stereocenters. The van der Waals surface area contributed by atoms with Gasteiger partial charge in [-0.05, 0) is 35.9 Å². The van der Waals surface area contributed by atoms with Gasteiger partial charge in [0.1, 0.15) is 11.5 Å². The highest BCUT2D eigenvalue weighted by molar-refractivity contribution is 7.87. The van der Waals surface area contributed by atoms with Gasteiger partial charge in [0.2, 0.25) is 0 Å². The molecule has 0 aromatic heterocycles. The average Bonchev–Trinajstić information content (AvgIpc) is 2.63. The molecule has 29 heavy (non-hydrogen) atoms. The van der Waals surface area contributed by atoms with E-state index in [0.29, 0.717) is 0 Å². The summed E-state index contributed by atoms with van der Waals surface area (Å²) in [5, 5.41) is 19.4. The van der Waals surface area contributed by atoms with Gasteiger partial charge >= 0.3 is 0 Å². The quantitative estimate of drug-likeness (QED) is 0.311. The summed E-state index contributed by atoms with van der Waals surface area (Å²) >= 11 is 24.7. The molecule has 10 heteroatoms. The molecule has 0 radical (unpaired) electrons. The maximum atomic E-state index is 13.0. The average molecular weight is 494 g/mol. The van der Waals surface area contributed by atoms with Gasteiger partial charge in [0.05, 0.1) is 15.1 Å². The molecule has 0 heterocycles. The second-order valence-corrected chi connectivity index (χ2v) is 9.25. The van der Waals surface area contributed by atoms with Gasteiger partial charge in [0.15, 0.2) is 4.75 Å². The summed E-state index contributed by atoms with van der Waals surface area (Å²) < 4.78 is 34.0. The normalized spacial score (nSPS) is 13.8. The van der Waals surface area contributed by atoms with E-state index in [1.54, 1.807) is 0 Å². The third-order valence-corrected chi connectivity index (χ3v) is 7.29. The first-order valence-corrected chi connectivity index (χ1v) is 10.8. The van der Waals surface area contributed by atoms with E-state index in [-0.39, 0.29) is 42.5 Å². The summed E-state index contributed by atoms with van der Waals surface area (Å²) in [5.41, 5.74) is -0.326. The van der Waals surface area contributed by atoms with E-state index in [0.717, 1.165) is 12.1 Å². The summed E-state index contributed by atoms with van der Waals surface area (Å²) in [5.74, 6) is -0.601. The van der Waals surface area contributed by atoms with E-state index in [2.05, 4.69) is 0 Å². The smallest absolute Gasteiger partial charge is 0.283 e. The fraction of sp³-hybridized carbons (Fsp3) is 0.0526. The minimum Gasteiger partial charge on any atom is -0.508 e. The highest BCUT2D eigenvalue weighted by atomic mass is 35.5. The van der Waals surface area contributed by atoms with Crippen molar-refractivity contribution in [1.29, 1.82) is 0 Å². The minimum absolute atomic E-state index is 0.00871. The van der Waals surface area contributed by atoms with E-state index < -0.39 is 20.6 Å². The molecule has 3 N–H and O–H groups in total. The Kier molecular flexibility index (Phi) is 5.98. The first kappa shape index (κ1) is 22.0. The van der Waals surface area contributed by atoms with Gasteiger partial charge in [-0.25, -0.2) is 0 Å². The lowest BCUT2D eigenvalue weighted by molar-refractivity contribution is 0.455. The predicted molar refractivity (Wildman–Crippen MR) is 114 cm³/mol. The van der Waals surface area contributed by atoms with Crippen LogP contribution in [0.1, 0.15) is 16.7 Å². The molecule has 3 aromatic rings. The standard InChI is InChI=1S/C19H12Cl4O5S/c20-14-3-1-2-12(18(14)23)19(29(26,27)28,10-4-6-11(24)7-5-10)13-8-17(25)16(22)9-15(13)21/h1-9,24-25H,(H,26,27,28). The highest BCUT2D eigenvalue weighted by Crippen LogP contribution is 2.51. The van der Waals surface area contributed by atoms with Crippen LogP contribution in [0.15, 0.2) is 54.6 Å². The topological polar surface area (TPSA) is 94.8 Å². The van der Waals surface area contributed by atoms with Crippen molar-refractivity contribution >= 4 is 56.5 Å². The summed E-state index contributed by atoms with van der Waals surface area (Å²) in [7, 11) is -5.05. The van der Waals surface area contributed by atoms with Gasteiger partial charge in [0, 0.05) is 16.1 Å². The number of hydrogen-bond acceptors (Lipinski definition) is 4. The molecule has 5 nitrogen and oxygen atoms in total. The number of halogens is 4. The molecule has 0 fully saturated rings. The fourth-order valence-electron chi connectivity index (χ4n) is 3.16.